The molecule has 8 aromatic rings. The summed E-state index contributed by atoms with van der Waals surface area (Å²) >= 11 is 3.28. The number of anilines is 2. The van der Waals surface area contributed by atoms with Gasteiger partial charge in [-0.15, -0.1) is 22.7 Å². The molecule has 13 heteroatoms. The number of pyridine rings is 2. The monoisotopic (exact) mass is 954 g/mol. The van der Waals surface area contributed by atoms with E-state index in [4.69, 9.17) is 14.7 Å². The lowest BCUT2D eigenvalue weighted by atomic mass is 10.0. The van der Waals surface area contributed by atoms with Crippen LogP contribution in [-0.4, -0.2) is 81.9 Å². The Kier molecular flexibility index (Phi) is 16.3. The summed E-state index contributed by atoms with van der Waals surface area (Å²) in [6.07, 6.45) is 8.61. The van der Waals surface area contributed by atoms with Gasteiger partial charge in [0.2, 0.25) is 0 Å². The van der Waals surface area contributed by atoms with Crippen LogP contribution in [0.15, 0.2) is 145 Å². The Bertz CT molecular complexity index is 2950. The van der Waals surface area contributed by atoms with Crippen LogP contribution in [0.3, 0.4) is 0 Å². The highest BCUT2D eigenvalue weighted by molar-refractivity contribution is 7.10. The van der Waals surface area contributed by atoms with Crippen LogP contribution in [0.5, 0.6) is 0 Å². The number of amides is 2. The fraction of sp³-hybridized carbons (Fsp3) is 0.250. The van der Waals surface area contributed by atoms with Crippen molar-refractivity contribution < 1.29 is 14.3 Å². The Morgan fingerprint density at radius 3 is 1.54 bits per heavy atom. The summed E-state index contributed by atoms with van der Waals surface area (Å²) < 4.78 is 5.32. The maximum absolute atomic E-state index is 13.0. The van der Waals surface area contributed by atoms with Crippen LogP contribution in [0.2, 0.25) is 0 Å². The van der Waals surface area contributed by atoms with Crippen molar-refractivity contribution in [1.29, 1.82) is 0 Å². The molecule has 2 atom stereocenters. The highest BCUT2D eigenvalue weighted by Gasteiger charge is 2.21. The molecule has 2 N–H and O–H groups in total. The van der Waals surface area contributed by atoms with E-state index in [1.54, 1.807) is 42.2 Å². The van der Waals surface area contributed by atoms with E-state index in [0.29, 0.717) is 23.6 Å². The number of carbonyl (C=O) groups excluding carboxylic acids is 2. The second kappa shape index (κ2) is 23.0. The van der Waals surface area contributed by atoms with E-state index < -0.39 is 0 Å². The molecule has 1 fully saturated rings. The highest BCUT2D eigenvalue weighted by Crippen LogP contribution is 2.28. The number of ether oxygens (including phenoxy) is 1. The van der Waals surface area contributed by atoms with Crippen molar-refractivity contribution in [3.63, 3.8) is 0 Å². The van der Waals surface area contributed by atoms with Gasteiger partial charge in [-0.2, -0.15) is 0 Å². The Balaban J connectivity index is 0.000000188. The zero-order chi connectivity index (χ0) is 48.3. The number of thiazole rings is 2. The molecule has 4 aromatic heterocycles. The Hall–Kier alpha value is -6.74. The largest absolute Gasteiger partial charge is 0.377 e. The molecule has 2 amide bonds. The SMILES string of the molecule is COC(C)c1ccc(C(=O)Nc2ccc(C)c(Cc3nc(-c4cccnc4)cs3)c2)cc1.Cc1ccc(NC(=O)c2ccc(C(C)N3CCN(C)CC3)cc2)cc1Cc1nc(-c2cccnc2)cs1. The van der Waals surface area contributed by atoms with Crippen molar-refractivity contribution in [3.05, 3.63) is 199 Å². The van der Waals surface area contributed by atoms with Crippen molar-refractivity contribution in [1.82, 2.24) is 29.7 Å². The summed E-state index contributed by atoms with van der Waals surface area (Å²) in [5.41, 5.74) is 13.7. The Morgan fingerprint density at radius 1 is 0.638 bits per heavy atom. The van der Waals surface area contributed by atoms with Gasteiger partial charge < -0.3 is 20.3 Å². The minimum absolute atomic E-state index is 0.00343. The molecule has 352 valence electrons. The van der Waals surface area contributed by atoms with E-state index in [-0.39, 0.29) is 17.9 Å². The van der Waals surface area contributed by atoms with Gasteiger partial charge in [-0.1, -0.05) is 36.4 Å². The molecule has 2 unspecified atom stereocenters. The van der Waals surface area contributed by atoms with Gasteiger partial charge in [0, 0.05) is 121 Å². The van der Waals surface area contributed by atoms with E-state index in [1.807, 2.05) is 104 Å². The third-order valence-electron chi connectivity index (χ3n) is 12.7. The van der Waals surface area contributed by atoms with Gasteiger partial charge in [0.05, 0.1) is 27.5 Å². The summed E-state index contributed by atoms with van der Waals surface area (Å²) in [5.74, 6) is -0.230. The lowest BCUT2D eigenvalue weighted by molar-refractivity contribution is 0.101. The molecule has 0 aliphatic carbocycles. The first-order valence-electron chi connectivity index (χ1n) is 23.2. The van der Waals surface area contributed by atoms with Crippen LogP contribution in [-0.2, 0) is 17.6 Å². The number of nitrogens with zero attached hydrogens (tertiary/aromatic N) is 6. The van der Waals surface area contributed by atoms with Gasteiger partial charge in [0.15, 0.2) is 0 Å². The molecular formula is C56H58N8O3S2. The van der Waals surface area contributed by atoms with Crippen molar-refractivity contribution in [2.24, 2.45) is 0 Å². The van der Waals surface area contributed by atoms with Crippen molar-refractivity contribution >= 4 is 45.9 Å². The summed E-state index contributed by atoms with van der Waals surface area (Å²) in [6, 6.07) is 35.8. The van der Waals surface area contributed by atoms with Gasteiger partial charge in [-0.25, -0.2) is 9.97 Å². The minimum Gasteiger partial charge on any atom is -0.377 e. The van der Waals surface area contributed by atoms with Crippen molar-refractivity contribution in [2.45, 2.75) is 52.7 Å². The number of methoxy groups -OCH3 is 1. The maximum Gasteiger partial charge on any atom is 0.255 e. The number of piperazine rings is 1. The van der Waals surface area contributed by atoms with E-state index in [0.717, 1.165) is 93.2 Å². The predicted molar refractivity (Wildman–Crippen MR) is 280 cm³/mol. The Morgan fingerprint density at radius 2 is 1.10 bits per heavy atom. The number of benzene rings is 4. The highest BCUT2D eigenvalue weighted by atomic mass is 32.1. The quantitative estimate of drug-likeness (QED) is 0.110. The van der Waals surface area contributed by atoms with Crippen molar-refractivity contribution in [2.75, 3.05) is 51.0 Å². The second-order valence-corrected chi connectivity index (χ2v) is 19.3. The zero-order valence-corrected chi connectivity index (χ0v) is 41.6. The van der Waals surface area contributed by atoms with Crippen LogP contribution in [0.1, 0.15) is 90.1 Å². The van der Waals surface area contributed by atoms with Gasteiger partial charge in [0.25, 0.3) is 11.8 Å². The number of aromatic nitrogens is 4. The average molecular weight is 955 g/mol. The molecule has 1 saturated heterocycles. The van der Waals surface area contributed by atoms with E-state index in [9.17, 15) is 9.59 Å². The minimum atomic E-state index is -0.135. The van der Waals surface area contributed by atoms with Crippen LogP contribution in [0, 0.1) is 13.8 Å². The standard InChI is InChI=1S/C30H33N5OS.C26H25N3O2S/c1-21-6-11-27(17-26(21)18-29-33-28(20-37-29)25-5-4-12-31-19-25)32-30(36)24-9-7-23(8-10-24)22(2)35-15-13-34(3)14-16-35;1-17-6-11-23(28-26(30)20-9-7-19(8-10-20)18(2)31-3)13-22(17)14-25-29-24(16-32-25)21-5-4-12-27-15-21/h4-12,17,19-20,22H,13-16,18H2,1-3H3,(H,32,36);4-13,15-16,18H,14H2,1-3H3,(H,28,30). The molecule has 0 bridgehead atoms. The normalized spacial score (nSPS) is 13.8. The summed E-state index contributed by atoms with van der Waals surface area (Å²) in [4.78, 5) is 48.5. The second-order valence-electron chi connectivity index (χ2n) is 17.4. The fourth-order valence-corrected chi connectivity index (χ4v) is 9.72. The lowest BCUT2D eigenvalue weighted by Gasteiger charge is -2.36. The van der Waals surface area contributed by atoms with E-state index >= 15 is 0 Å². The average Bonchev–Trinajstić information content (AvgIpc) is 4.07. The molecule has 1 aliphatic rings. The van der Waals surface area contributed by atoms with Gasteiger partial charge in [-0.3, -0.25) is 24.5 Å². The summed E-state index contributed by atoms with van der Waals surface area (Å²) in [5, 5.41) is 12.3. The number of nitrogens with one attached hydrogen (secondary N) is 2. The number of rotatable bonds is 14. The van der Waals surface area contributed by atoms with Crippen LogP contribution >= 0.6 is 22.7 Å². The molecule has 0 saturated carbocycles. The molecule has 4 aromatic carbocycles. The smallest absolute Gasteiger partial charge is 0.255 e. The number of aryl methyl sites for hydroxylation is 2. The molecule has 9 rings (SSSR count). The number of hydrogen-bond acceptors (Lipinski definition) is 11. The number of likely N-dealkylation sites (N-methyl/N-ethyl adjacent to an activating group) is 1. The maximum atomic E-state index is 13.0. The molecule has 11 nitrogen and oxygen atoms in total. The third-order valence-corrected chi connectivity index (χ3v) is 14.3. The van der Waals surface area contributed by atoms with E-state index in [2.05, 4.69) is 93.2 Å². The lowest BCUT2D eigenvalue weighted by Crippen LogP contribution is -2.45. The topological polar surface area (TPSA) is 125 Å². The summed E-state index contributed by atoms with van der Waals surface area (Å²) in [7, 11) is 3.84. The number of hydrogen-bond donors (Lipinski definition) is 2. The van der Waals surface area contributed by atoms with Crippen molar-refractivity contribution in [3.8, 4) is 22.5 Å². The van der Waals surface area contributed by atoms with Gasteiger partial charge in [-0.05, 0) is 141 Å². The third kappa shape index (κ3) is 12.9. The first-order chi connectivity index (χ1) is 33.5. The molecule has 5 heterocycles. The molecular weight excluding hydrogens is 897 g/mol. The zero-order valence-electron chi connectivity index (χ0n) is 40.0. The number of carbonyl (C=O) groups is 2. The van der Waals surface area contributed by atoms with Crippen LogP contribution < -0.4 is 10.6 Å². The molecule has 0 radical (unpaired) electrons. The van der Waals surface area contributed by atoms with Crippen LogP contribution in [0.25, 0.3) is 22.5 Å². The molecule has 1 aliphatic heterocycles. The Labute approximate surface area is 413 Å². The first-order valence-corrected chi connectivity index (χ1v) is 24.9. The van der Waals surface area contributed by atoms with Crippen LogP contribution in [0.4, 0.5) is 11.4 Å². The van der Waals surface area contributed by atoms with Gasteiger partial charge in [0.1, 0.15) is 0 Å². The molecule has 69 heavy (non-hydrogen) atoms. The first kappa shape index (κ1) is 48.7. The van der Waals surface area contributed by atoms with E-state index in [1.165, 1.54) is 16.7 Å². The molecule has 0 spiro atoms. The van der Waals surface area contributed by atoms with Gasteiger partial charge >= 0.3 is 0 Å². The fourth-order valence-electron chi connectivity index (χ4n) is 8.06. The summed E-state index contributed by atoms with van der Waals surface area (Å²) in [6.45, 7) is 12.7. The predicted octanol–water partition coefficient (Wildman–Crippen LogP) is 11.7.